The van der Waals surface area contributed by atoms with Crippen molar-refractivity contribution in [3.05, 3.63) is 70.3 Å². The number of esters is 1. The molecule has 0 heterocycles. The van der Waals surface area contributed by atoms with Crippen molar-refractivity contribution in [2.24, 2.45) is 0 Å². The molecule has 2 aromatic carbocycles. The first-order chi connectivity index (χ1) is 12.0. The van der Waals surface area contributed by atoms with E-state index in [4.69, 9.17) is 4.74 Å². The molecule has 4 nitrogen and oxygen atoms in total. The topological polar surface area (TPSA) is 55.4 Å². The number of amides is 1. The molecule has 3 rings (SSSR count). The monoisotopic (exact) mass is 337 g/mol. The maximum atomic E-state index is 12.2. The molecule has 25 heavy (non-hydrogen) atoms. The van der Waals surface area contributed by atoms with Gasteiger partial charge in [-0.15, -0.1) is 0 Å². The van der Waals surface area contributed by atoms with Crippen LogP contribution in [0.4, 0.5) is 0 Å². The standard InChI is InChI=1S/C21H23NO3/c1-14-10-11-17(15(2)12-14)21(24)25-13-20(23)22-19-9-5-7-16-6-3-4-8-18(16)19/h3-4,6,8,10-12,19H,5,7,9,13H2,1-2H3,(H,22,23)/t19-/m0/s1. The Morgan fingerprint density at radius 1 is 1.16 bits per heavy atom. The fourth-order valence-electron chi connectivity index (χ4n) is 3.39. The molecule has 0 bridgehead atoms. The van der Waals surface area contributed by atoms with E-state index in [1.165, 1.54) is 11.1 Å². The predicted octanol–water partition coefficient (Wildman–Crippen LogP) is 3.65. The molecule has 1 aliphatic carbocycles. The quantitative estimate of drug-likeness (QED) is 0.867. The van der Waals surface area contributed by atoms with Crippen molar-refractivity contribution in [3.8, 4) is 0 Å². The molecule has 2 aromatic rings. The van der Waals surface area contributed by atoms with Crippen molar-refractivity contribution in [1.29, 1.82) is 0 Å². The third kappa shape index (κ3) is 4.08. The minimum absolute atomic E-state index is 0.00253. The summed E-state index contributed by atoms with van der Waals surface area (Å²) in [6.45, 7) is 3.57. The summed E-state index contributed by atoms with van der Waals surface area (Å²) in [6.07, 6.45) is 3.00. The molecule has 1 amide bonds. The van der Waals surface area contributed by atoms with Gasteiger partial charge in [0.25, 0.3) is 5.91 Å². The fraction of sp³-hybridized carbons (Fsp3) is 0.333. The highest BCUT2D eigenvalue weighted by molar-refractivity contribution is 5.92. The van der Waals surface area contributed by atoms with Gasteiger partial charge in [-0.1, -0.05) is 42.0 Å². The maximum Gasteiger partial charge on any atom is 0.338 e. The van der Waals surface area contributed by atoms with Gasteiger partial charge in [-0.25, -0.2) is 4.79 Å². The summed E-state index contributed by atoms with van der Waals surface area (Å²) in [5.41, 5.74) is 4.89. The Morgan fingerprint density at radius 3 is 2.76 bits per heavy atom. The van der Waals surface area contributed by atoms with E-state index in [0.717, 1.165) is 30.4 Å². The van der Waals surface area contributed by atoms with Gasteiger partial charge in [-0.05, 0) is 55.9 Å². The first-order valence-electron chi connectivity index (χ1n) is 8.66. The van der Waals surface area contributed by atoms with Crippen LogP contribution in [0.2, 0.25) is 0 Å². The van der Waals surface area contributed by atoms with Crippen LogP contribution in [0.5, 0.6) is 0 Å². The van der Waals surface area contributed by atoms with Gasteiger partial charge >= 0.3 is 5.97 Å². The van der Waals surface area contributed by atoms with Gasteiger partial charge in [0.15, 0.2) is 6.61 Å². The molecule has 1 aliphatic rings. The normalized spacial score (nSPS) is 16.0. The van der Waals surface area contributed by atoms with Crippen LogP contribution in [0.15, 0.2) is 42.5 Å². The molecule has 0 saturated carbocycles. The van der Waals surface area contributed by atoms with E-state index in [1.54, 1.807) is 6.07 Å². The van der Waals surface area contributed by atoms with E-state index in [1.807, 2.05) is 38.1 Å². The second kappa shape index (κ2) is 7.51. The second-order valence-corrected chi connectivity index (χ2v) is 6.61. The third-order valence-electron chi connectivity index (χ3n) is 4.64. The number of hydrogen-bond donors (Lipinski definition) is 1. The number of aryl methyl sites for hydroxylation is 3. The van der Waals surface area contributed by atoms with E-state index >= 15 is 0 Å². The molecule has 0 radical (unpaired) electrons. The summed E-state index contributed by atoms with van der Waals surface area (Å²) >= 11 is 0. The van der Waals surface area contributed by atoms with E-state index in [-0.39, 0.29) is 18.6 Å². The Labute approximate surface area is 148 Å². The molecular weight excluding hydrogens is 314 g/mol. The molecule has 0 aliphatic heterocycles. The van der Waals surface area contributed by atoms with Crippen molar-refractivity contribution in [2.75, 3.05) is 6.61 Å². The SMILES string of the molecule is Cc1ccc(C(=O)OCC(=O)N[C@H]2CCCc3ccccc32)c(C)c1. The molecule has 0 fully saturated rings. The summed E-state index contributed by atoms with van der Waals surface area (Å²) < 4.78 is 5.19. The summed E-state index contributed by atoms with van der Waals surface area (Å²) in [5, 5.41) is 2.99. The molecule has 130 valence electrons. The van der Waals surface area contributed by atoms with Crippen LogP contribution in [-0.2, 0) is 16.0 Å². The average Bonchev–Trinajstić information content (AvgIpc) is 2.60. The summed E-state index contributed by atoms with van der Waals surface area (Å²) in [4.78, 5) is 24.4. The van der Waals surface area contributed by atoms with E-state index in [9.17, 15) is 9.59 Å². The fourth-order valence-corrected chi connectivity index (χ4v) is 3.39. The van der Waals surface area contributed by atoms with Crippen LogP contribution in [0.25, 0.3) is 0 Å². The van der Waals surface area contributed by atoms with Crippen LogP contribution in [-0.4, -0.2) is 18.5 Å². The highest BCUT2D eigenvalue weighted by Gasteiger charge is 2.22. The molecule has 1 N–H and O–H groups in total. The molecule has 0 unspecified atom stereocenters. The first-order valence-corrected chi connectivity index (χ1v) is 8.66. The van der Waals surface area contributed by atoms with E-state index < -0.39 is 5.97 Å². The minimum atomic E-state index is -0.461. The van der Waals surface area contributed by atoms with Crippen molar-refractivity contribution in [3.63, 3.8) is 0 Å². The largest absolute Gasteiger partial charge is 0.452 e. The Hall–Kier alpha value is -2.62. The highest BCUT2D eigenvalue weighted by Crippen LogP contribution is 2.29. The first kappa shape index (κ1) is 17.2. The lowest BCUT2D eigenvalue weighted by atomic mass is 9.88. The molecule has 4 heteroatoms. The van der Waals surface area contributed by atoms with E-state index in [2.05, 4.69) is 17.4 Å². The second-order valence-electron chi connectivity index (χ2n) is 6.61. The third-order valence-corrected chi connectivity index (χ3v) is 4.64. The number of hydrogen-bond acceptors (Lipinski definition) is 3. The lowest BCUT2D eigenvalue weighted by Crippen LogP contribution is -2.34. The van der Waals surface area contributed by atoms with Crippen molar-refractivity contribution in [2.45, 2.75) is 39.2 Å². The van der Waals surface area contributed by atoms with Gasteiger partial charge in [0.05, 0.1) is 11.6 Å². The highest BCUT2D eigenvalue weighted by atomic mass is 16.5. The van der Waals surface area contributed by atoms with Gasteiger partial charge in [-0.2, -0.15) is 0 Å². The molecule has 0 aromatic heterocycles. The summed E-state index contributed by atoms with van der Waals surface area (Å²) in [7, 11) is 0. The van der Waals surface area contributed by atoms with Crippen molar-refractivity contribution >= 4 is 11.9 Å². The lowest BCUT2D eigenvalue weighted by molar-refractivity contribution is -0.125. The van der Waals surface area contributed by atoms with Crippen LogP contribution in [0.3, 0.4) is 0 Å². The molecule has 1 atom stereocenters. The summed E-state index contributed by atoms with van der Waals surface area (Å²) in [5.74, 6) is -0.725. The van der Waals surface area contributed by atoms with Gasteiger partial charge < -0.3 is 10.1 Å². The van der Waals surface area contributed by atoms with E-state index in [0.29, 0.717) is 5.56 Å². The Morgan fingerprint density at radius 2 is 1.96 bits per heavy atom. The minimum Gasteiger partial charge on any atom is -0.452 e. The number of carbonyl (C=O) groups is 2. The Balaban J connectivity index is 1.58. The zero-order valence-corrected chi connectivity index (χ0v) is 14.7. The van der Waals surface area contributed by atoms with Gasteiger partial charge in [0.1, 0.15) is 0 Å². The van der Waals surface area contributed by atoms with Gasteiger partial charge in [0, 0.05) is 0 Å². The lowest BCUT2D eigenvalue weighted by Gasteiger charge is -2.26. The van der Waals surface area contributed by atoms with Crippen molar-refractivity contribution in [1.82, 2.24) is 5.32 Å². The average molecular weight is 337 g/mol. The zero-order valence-electron chi connectivity index (χ0n) is 14.7. The van der Waals surface area contributed by atoms with Gasteiger partial charge in [0.2, 0.25) is 0 Å². The number of carbonyl (C=O) groups excluding carboxylic acids is 2. The zero-order chi connectivity index (χ0) is 17.8. The number of benzene rings is 2. The smallest absolute Gasteiger partial charge is 0.338 e. The van der Waals surface area contributed by atoms with Crippen LogP contribution in [0, 0.1) is 13.8 Å². The predicted molar refractivity (Wildman–Crippen MR) is 96.5 cm³/mol. The maximum absolute atomic E-state index is 12.2. The number of rotatable bonds is 4. The van der Waals surface area contributed by atoms with Gasteiger partial charge in [-0.3, -0.25) is 4.79 Å². The molecule has 0 saturated heterocycles. The molecule has 0 spiro atoms. The molecular formula is C21H23NO3. The van der Waals surface area contributed by atoms with Crippen LogP contribution >= 0.6 is 0 Å². The summed E-state index contributed by atoms with van der Waals surface area (Å²) in [6, 6.07) is 13.7. The number of fused-ring (bicyclic) bond motifs is 1. The van der Waals surface area contributed by atoms with Crippen molar-refractivity contribution < 1.29 is 14.3 Å². The number of nitrogens with one attached hydrogen (secondary N) is 1. The Kier molecular flexibility index (Phi) is 5.17. The Bertz CT molecular complexity index is 797. The number of ether oxygens (including phenoxy) is 1. The van der Waals surface area contributed by atoms with Crippen LogP contribution in [0.1, 0.15) is 51.5 Å². The van der Waals surface area contributed by atoms with Crippen LogP contribution < -0.4 is 5.32 Å².